The van der Waals surface area contributed by atoms with E-state index in [9.17, 15) is 13.2 Å². The van der Waals surface area contributed by atoms with Crippen LogP contribution in [0.4, 0.5) is 5.69 Å². The van der Waals surface area contributed by atoms with Crippen molar-refractivity contribution in [2.45, 2.75) is 11.4 Å². The number of benzene rings is 2. The summed E-state index contributed by atoms with van der Waals surface area (Å²) in [7, 11) is -0.0321. The highest BCUT2D eigenvalue weighted by atomic mass is 32.2. The second kappa shape index (κ2) is 8.72. The van der Waals surface area contributed by atoms with Gasteiger partial charge in [-0.15, -0.1) is 0 Å². The average Bonchev–Trinajstić information content (AvgIpc) is 2.73. The van der Waals surface area contributed by atoms with E-state index < -0.39 is 10.0 Å². The van der Waals surface area contributed by atoms with Gasteiger partial charge in [-0.2, -0.15) is 0 Å². The van der Waals surface area contributed by atoms with E-state index in [-0.39, 0.29) is 10.8 Å². The van der Waals surface area contributed by atoms with Crippen LogP contribution >= 0.6 is 0 Å². The Morgan fingerprint density at radius 3 is 2.29 bits per heavy atom. The number of anilines is 1. The molecule has 1 aliphatic heterocycles. The van der Waals surface area contributed by atoms with E-state index in [4.69, 9.17) is 0 Å². The van der Waals surface area contributed by atoms with Crippen molar-refractivity contribution < 1.29 is 13.2 Å². The fourth-order valence-corrected chi connectivity index (χ4v) is 3.93. The van der Waals surface area contributed by atoms with Gasteiger partial charge in [-0.05, 0) is 50.0 Å². The number of amides is 1. The molecule has 3 rings (SSSR count). The highest BCUT2D eigenvalue weighted by molar-refractivity contribution is 7.89. The third-order valence-electron chi connectivity index (χ3n) is 4.97. The first-order valence-corrected chi connectivity index (χ1v) is 10.7. The number of nitrogens with one attached hydrogen (secondary N) is 2. The number of piperazine rings is 1. The summed E-state index contributed by atoms with van der Waals surface area (Å²) in [6.07, 6.45) is 0. The van der Waals surface area contributed by atoms with Gasteiger partial charge in [0.2, 0.25) is 10.0 Å². The minimum atomic E-state index is -3.51. The summed E-state index contributed by atoms with van der Waals surface area (Å²) in [5.41, 5.74) is 2.63. The molecule has 8 heteroatoms. The van der Waals surface area contributed by atoms with E-state index >= 15 is 0 Å². The molecular formula is C20H26N4O3S. The number of nitrogens with zero attached hydrogens (tertiary/aromatic N) is 2. The lowest BCUT2D eigenvalue weighted by molar-refractivity contribution is 0.0951. The van der Waals surface area contributed by atoms with E-state index in [1.54, 1.807) is 0 Å². The van der Waals surface area contributed by atoms with Crippen molar-refractivity contribution >= 4 is 21.6 Å². The largest absolute Gasteiger partial charge is 0.369 e. The van der Waals surface area contributed by atoms with Crippen molar-refractivity contribution in [3.63, 3.8) is 0 Å². The first-order valence-electron chi connectivity index (χ1n) is 9.24. The lowest BCUT2D eigenvalue weighted by atomic mass is 10.1. The van der Waals surface area contributed by atoms with Crippen LogP contribution in [0, 0.1) is 0 Å². The van der Waals surface area contributed by atoms with Gasteiger partial charge in [-0.3, -0.25) is 4.79 Å². The lowest BCUT2D eigenvalue weighted by Gasteiger charge is -2.35. The highest BCUT2D eigenvalue weighted by Gasteiger charge is 2.17. The van der Waals surface area contributed by atoms with Crippen molar-refractivity contribution in [2.75, 3.05) is 45.2 Å². The van der Waals surface area contributed by atoms with Gasteiger partial charge in [0.25, 0.3) is 5.91 Å². The van der Waals surface area contributed by atoms with Crippen LogP contribution in [0.2, 0.25) is 0 Å². The van der Waals surface area contributed by atoms with Crippen LogP contribution in [-0.4, -0.2) is 59.5 Å². The highest BCUT2D eigenvalue weighted by Crippen LogP contribution is 2.21. The Morgan fingerprint density at radius 1 is 1.00 bits per heavy atom. The summed E-state index contributed by atoms with van der Waals surface area (Å²) in [6, 6.07) is 14.0. The zero-order valence-electron chi connectivity index (χ0n) is 16.2. The first-order chi connectivity index (χ1) is 13.4. The molecule has 0 aromatic heterocycles. The second-order valence-corrected chi connectivity index (χ2v) is 8.72. The van der Waals surface area contributed by atoms with Gasteiger partial charge >= 0.3 is 0 Å². The van der Waals surface area contributed by atoms with Crippen LogP contribution in [0.25, 0.3) is 0 Å². The summed E-state index contributed by atoms with van der Waals surface area (Å²) in [5, 5.41) is 2.93. The fraction of sp³-hybridized carbons (Fsp3) is 0.350. The molecule has 150 valence electrons. The molecular weight excluding hydrogens is 376 g/mol. The van der Waals surface area contributed by atoms with Crippen LogP contribution in [-0.2, 0) is 16.6 Å². The molecule has 1 fully saturated rings. The SMILES string of the molecule is CNS(=O)(=O)c1ccc(C(=O)NCc2ccccc2N2CCN(C)CC2)cc1. The molecule has 0 aliphatic carbocycles. The third kappa shape index (κ3) is 4.70. The first kappa shape index (κ1) is 20.3. The predicted molar refractivity (Wildman–Crippen MR) is 110 cm³/mol. The minimum Gasteiger partial charge on any atom is -0.369 e. The number of hydrogen-bond acceptors (Lipinski definition) is 5. The number of sulfonamides is 1. The Bertz CT molecular complexity index is 921. The van der Waals surface area contributed by atoms with Gasteiger partial charge in [0, 0.05) is 44.0 Å². The van der Waals surface area contributed by atoms with Crippen LogP contribution in [0.1, 0.15) is 15.9 Å². The Morgan fingerprint density at radius 2 is 1.64 bits per heavy atom. The molecule has 0 spiro atoms. The van der Waals surface area contributed by atoms with E-state index in [1.165, 1.54) is 31.3 Å². The number of likely N-dealkylation sites (N-methyl/N-ethyl adjacent to an activating group) is 1. The van der Waals surface area contributed by atoms with E-state index in [0.29, 0.717) is 12.1 Å². The van der Waals surface area contributed by atoms with Crippen LogP contribution < -0.4 is 14.9 Å². The minimum absolute atomic E-state index is 0.131. The van der Waals surface area contributed by atoms with Crippen molar-refractivity contribution in [2.24, 2.45) is 0 Å². The van der Waals surface area contributed by atoms with Crippen LogP contribution in [0.5, 0.6) is 0 Å². The number of hydrogen-bond donors (Lipinski definition) is 2. The number of carbonyl (C=O) groups is 1. The molecule has 1 heterocycles. The number of carbonyl (C=O) groups excluding carboxylic acids is 1. The van der Waals surface area contributed by atoms with Crippen molar-refractivity contribution in [1.82, 2.24) is 14.9 Å². The molecule has 1 saturated heterocycles. The Labute approximate surface area is 166 Å². The number of rotatable bonds is 6. The Hall–Kier alpha value is -2.42. The molecule has 1 aliphatic rings. The quantitative estimate of drug-likeness (QED) is 0.761. The molecule has 1 amide bonds. The molecule has 7 nitrogen and oxygen atoms in total. The topological polar surface area (TPSA) is 81.7 Å². The maximum absolute atomic E-state index is 12.5. The molecule has 0 saturated carbocycles. The maximum Gasteiger partial charge on any atom is 0.251 e. The predicted octanol–water partition coefficient (Wildman–Crippen LogP) is 1.28. The van der Waals surface area contributed by atoms with Gasteiger partial charge in [-0.1, -0.05) is 18.2 Å². The third-order valence-corrected chi connectivity index (χ3v) is 6.40. The number of para-hydroxylation sites is 1. The molecule has 28 heavy (non-hydrogen) atoms. The molecule has 0 unspecified atom stereocenters. The fourth-order valence-electron chi connectivity index (χ4n) is 3.20. The molecule has 2 aromatic rings. The smallest absolute Gasteiger partial charge is 0.251 e. The second-order valence-electron chi connectivity index (χ2n) is 6.83. The van der Waals surface area contributed by atoms with E-state index in [2.05, 4.69) is 33.0 Å². The molecule has 0 radical (unpaired) electrons. The van der Waals surface area contributed by atoms with Gasteiger partial charge in [0.15, 0.2) is 0 Å². The van der Waals surface area contributed by atoms with Crippen molar-refractivity contribution in [1.29, 1.82) is 0 Å². The summed E-state index contributed by atoms with van der Waals surface area (Å²) >= 11 is 0. The van der Waals surface area contributed by atoms with E-state index in [1.807, 2.05) is 18.2 Å². The van der Waals surface area contributed by atoms with Gasteiger partial charge < -0.3 is 15.1 Å². The molecule has 0 bridgehead atoms. The standard InChI is InChI=1S/C20H26N4O3S/c1-21-28(26,27)18-9-7-16(8-10-18)20(25)22-15-17-5-3-4-6-19(17)24-13-11-23(2)12-14-24/h3-10,21H,11-15H2,1-2H3,(H,22,25). The van der Waals surface area contributed by atoms with Crippen molar-refractivity contribution in [3.05, 3.63) is 59.7 Å². The van der Waals surface area contributed by atoms with Crippen LogP contribution in [0.15, 0.2) is 53.4 Å². The summed E-state index contributed by atoms with van der Waals surface area (Å²) in [6.45, 7) is 4.37. The average molecular weight is 403 g/mol. The van der Waals surface area contributed by atoms with Gasteiger partial charge in [0.1, 0.15) is 0 Å². The van der Waals surface area contributed by atoms with Crippen LogP contribution in [0.3, 0.4) is 0 Å². The van der Waals surface area contributed by atoms with E-state index in [0.717, 1.165) is 37.4 Å². The van der Waals surface area contributed by atoms with Gasteiger partial charge in [-0.25, -0.2) is 13.1 Å². The van der Waals surface area contributed by atoms with Crippen molar-refractivity contribution in [3.8, 4) is 0 Å². The summed E-state index contributed by atoms with van der Waals surface area (Å²) < 4.78 is 25.8. The molecule has 0 atom stereocenters. The Balaban J connectivity index is 1.67. The Kier molecular flexibility index (Phi) is 6.33. The monoisotopic (exact) mass is 402 g/mol. The molecule has 2 aromatic carbocycles. The zero-order valence-corrected chi connectivity index (χ0v) is 17.0. The van der Waals surface area contributed by atoms with Gasteiger partial charge in [0.05, 0.1) is 4.90 Å². The zero-order chi connectivity index (χ0) is 20.1. The molecule has 2 N–H and O–H groups in total. The summed E-state index contributed by atoms with van der Waals surface area (Å²) in [5.74, 6) is -0.235. The summed E-state index contributed by atoms with van der Waals surface area (Å²) in [4.78, 5) is 17.3. The maximum atomic E-state index is 12.5. The normalized spacial score (nSPS) is 15.4. The lowest BCUT2D eigenvalue weighted by Crippen LogP contribution is -2.45.